The Balaban J connectivity index is 2.24. The Morgan fingerprint density at radius 1 is 1.07 bits per heavy atom. The Morgan fingerprint density at radius 3 is 2.33 bits per heavy atom. The average Bonchev–Trinajstić information content (AvgIpc) is 3.24. The number of ether oxygens (including phenoxy) is 4. The Labute approximate surface area is 175 Å². The van der Waals surface area contributed by atoms with Crippen LogP contribution in [0.4, 0.5) is 0 Å². The third-order valence-electron chi connectivity index (χ3n) is 4.60. The molecule has 0 radical (unpaired) electrons. The van der Waals surface area contributed by atoms with Crippen molar-refractivity contribution >= 4 is 23.3 Å². The summed E-state index contributed by atoms with van der Waals surface area (Å²) in [5, 5.41) is 4.33. The maximum absolute atomic E-state index is 12.7. The van der Waals surface area contributed by atoms with Gasteiger partial charge in [-0.25, -0.2) is 14.3 Å². The van der Waals surface area contributed by atoms with Crippen LogP contribution in [0.3, 0.4) is 0 Å². The summed E-state index contributed by atoms with van der Waals surface area (Å²) >= 11 is 0. The normalized spacial score (nSPS) is 11.4. The van der Waals surface area contributed by atoms with Crippen LogP contribution < -0.4 is 14.2 Å². The second-order valence-corrected chi connectivity index (χ2v) is 6.49. The van der Waals surface area contributed by atoms with Crippen molar-refractivity contribution in [3.63, 3.8) is 0 Å². The molecule has 0 fully saturated rings. The summed E-state index contributed by atoms with van der Waals surface area (Å²) in [5.74, 6) is 0.950. The summed E-state index contributed by atoms with van der Waals surface area (Å²) in [4.78, 5) is 17.3. The number of esters is 1. The van der Waals surface area contributed by atoms with Crippen LogP contribution in [-0.2, 0) is 16.0 Å². The van der Waals surface area contributed by atoms with Crippen molar-refractivity contribution in [1.82, 2.24) is 14.6 Å². The molecule has 3 rings (SSSR count). The summed E-state index contributed by atoms with van der Waals surface area (Å²) in [5.41, 5.74) is 3.14. The molecule has 1 aromatic carbocycles. The molecule has 0 unspecified atom stereocenters. The summed E-state index contributed by atoms with van der Waals surface area (Å²) < 4.78 is 22.9. The first-order valence-corrected chi connectivity index (χ1v) is 9.50. The lowest BCUT2D eigenvalue weighted by Gasteiger charge is -2.14. The van der Waals surface area contributed by atoms with E-state index in [1.807, 2.05) is 6.07 Å². The first kappa shape index (κ1) is 21.2. The Kier molecular flexibility index (Phi) is 6.56. The summed E-state index contributed by atoms with van der Waals surface area (Å²) in [6, 6.07) is 7.19. The van der Waals surface area contributed by atoms with Gasteiger partial charge in [-0.15, -0.1) is 0 Å². The number of benzene rings is 1. The number of nitrogens with zero attached hydrogens (tertiary/aromatic N) is 3. The average molecular weight is 411 g/mol. The number of carbonyl (C=O) groups is 1. The number of aryl methyl sites for hydroxylation is 1. The third kappa shape index (κ3) is 4.07. The van der Waals surface area contributed by atoms with Gasteiger partial charge < -0.3 is 18.9 Å². The van der Waals surface area contributed by atoms with Crippen LogP contribution in [0.5, 0.6) is 17.2 Å². The molecule has 0 aliphatic heterocycles. The van der Waals surface area contributed by atoms with Gasteiger partial charge in [0.1, 0.15) is 0 Å². The molecule has 0 N–H and O–H groups in total. The second kappa shape index (κ2) is 9.30. The Hall–Kier alpha value is -3.55. The maximum atomic E-state index is 12.7. The van der Waals surface area contributed by atoms with Crippen molar-refractivity contribution in [3.8, 4) is 17.2 Å². The van der Waals surface area contributed by atoms with E-state index in [2.05, 4.69) is 17.0 Å². The highest BCUT2D eigenvalue weighted by molar-refractivity contribution is 6.21. The second-order valence-electron chi connectivity index (χ2n) is 6.49. The highest BCUT2D eigenvalue weighted by atomic mass is 16.5. The van der Waals surface area contributed by atoms with E-state index >= 15 is 0 Å². The third-order valence-corrected chi connectivity index (χ3v) is 4.60. The molecule has 0 aliphatic carbocycles. The van der Waals surface area contributed by atoms with E-state index in [-0.39, 0.29) is 0 Å². The summed E-state index contributed by atoms with van der Waals surface area (Å²) in [6.07, 6.45) is 5.08. The minimum absolute atomic E-state index is 0.334. The molecule has 8 nitrogen and oxygen atoms in total. The fraction of sp³-hybridized carbons (Fsp3) is 0.318. The van der Waals surface area contributed by atoms with Crippen molar-refractivity contribution in [3.05, 3.63) is 47.4 Å². The van der Waals surface area contributed by atoms with Gasteiger partial charge >= 0.3 is 5.97 Å². The van der Waals surface area contributed by atoms with Crippen LogP contribution in [0.2, 0.25) is 0 Å². The van der Waals surface area contributed by atoms with Gasteiger partial charge in [0.15, 0.2) is 17.1 Å². The van der Waals surface area contributed by atoms with Gasteiger partial charge in [0, 0.05) is 11.8 Å². The lowest BCUT2D eigenvalue weighted by atomic mass is 10.1. The number of hydrogen-bond donors (Lipinski definition) is 0. The lowest BCUT2D eigenvalue weighted by Crippen LogP contribution is -2.10. The number of fused-ring (bicyclic) bond motifs is 1. The first-order valence-electron chi connectivity index (χ1n) is 9.50. The molecule has 2 heterocycles. The summed E-state index contributed by atoms with van der Waals surface area (Å²) in [7, 11) is 5.97. The number of rotatable bonds is 8. The van der Waals surface area contributed by atoms with Crippen molar-refractivity contribution in [1.29, 1.82) is 0 Å². The minimum atomic E-state index is -0.491. The van der Waals surface area contributed by atoms with Gasteiger partial charge in [0.2, 0.25) is 5.75 Å². The molecule has 0 amide bonds. The Bertz CT molecular complexity index is 1060. The first-order chi connectivity index (χ1) is 14.6. The summed E-state index contributed by atoms with van der Waals surface area (Å²) in [6.45, 7) is 2.08. The monoisotopic (exact) mass is 411 g/mol. The molecule has 0 spiro atoms. The van der Waals surface area contributed by atoms with E-state index in [4.69, 9.17) is 18.9 Å². The number of carbonyl (C=O) groups excluding carboxylic acids is 1. The van der Waals surface area contributed by atoms with Gasteiger partial charge in [-0.1, -0.05) is 13.3 Å². The lowest BCUT2D eigenvalue weighted by molar-refractivity contribution is -0.133. The van der Waals surface area contributed by atoms with Crippen LogP contribution in [0.25, 0.3) is 17.3 Å². The topological polar surface area (TPSA) is 84.2 Å². The quantitative estimate of drug-likeness (QED) is 0.415. The Morgan fingerprint density at radius 2 is 1.77 bits per heavy atom. The van der Waals surface area contributed by atoms with E-state index in [1.54, 1.807) is 49.2 Å². The number of methoxy groups -OCH3 is 4. The van der Waals surface area contributed by atoms with E-state index < -0.39 is 5.97 Å². The van der Waals surface area contributed by atoms with Gasteiger partial charge in [0.05, 0.1) is 45.9 Å². The highest BCUT2D eigenvalue weighted by Gasteiger charge is 2.20. The van der Waals surface area contributed by atoms with Crippen molar-refractivity contribution in [2.24, 2.45) is 0 Å². The van der Waals surface area contributed by atoms with Crippen LogP contribution in [0.1, 0.15) is 30.3 Å². The zero-order chi connectivity index (χ0) is 21.7. The van der Waals surface area contributed by atoms with Crippen LogP contribution in [0.15, 0.2) is 30.5 Å². The van der Waals surface area contributed by atoms with Crippen molar-refractivity contribution < 1.29 is 23.7 Å². The molecular formula is C22H25N3O5. The number of aromatic nitrogens is 3. The van der Waals surface area contributed by atoms with Crippen LogP contribution in [0, 0.1) is 0 Å². The van der Waals surface area contributed by atoms with Gasteiger partial charge in [0.25, 0.3) is 0 Å². The molecule has 0 atom stereocenters. The van der Waals surface area contributed by atoms with Gasteiger partial charge in [-0.3, -0.25) is 0 Å². The van der Waals surface area contributed by atoms with Crippen LogP contribution >= 0.6 is 0 Å². The molecule has 0 saturated heterocycles. The fourth-order valence-electron chi connectivity index (χ4n) is 3.24. The molecule has 3 aromatic rings. The smallest absolute Gasteiger partial charge is 0.340 e. The minimum Gasteiger partial charge on any atom is -0.493 e. The molecule has 30 heavy (non-hydrogen) atoms. The molecule has 0 saturated carbocycles. The predicted molar refractivity (Wildman–Crippen MR) is 113 cm³/mol. The largest absolute Gasteiger partial charge is 0.493 e. The molecule has 0 bridgehead atoms. The zero-order valence-electron chi connectivity index (χ0n) is 17.8. The predicted octanol–water partition coefficient (Wildman–Crippen LogP) is 3.42. The van der Waals surface area contributed by atoms with Gasteiger partial charge in [-0.2, -0.15) is 5.10 Å². The molecule has 8 heteroatoms. The standard InChI is InChI=1S/C22H25N3O5/c1-6-7-15-13-17(25-20(24-15)8-9-23-25)16(22(26)30-5)10-14-11-18(27-2)21(29-4)19(12-14)28-3/h8-13H,6-7H2,1-5H3. The van der Waals surface area contributed by atoms with E-state index in [9.17, 15) is 4.79 Å². The van der Waals surface area contributed by atoms with Crippen molar-refractivity contribution in [2.45, 2.75) is 19.8 Å². The van der Waals surface area contributed by atoms with E-state index in [0.29, 0.717) is 39.7 Å². The van der Waals surface area contributed by atoms with E-state index in [1.165, 1.54) is 14.2 Å². The number of hydrogen-bond acceptors (Lipinski definition) is 7. The van der Waals surface area contributed by atoms with Gasteiger partial charge in [-0.05, 0) is 36.3 Å². The molecular weight excluding hydrogens is 386 g/mol. The molecule has 158 valence electrons. The molecule has 2 aromatic heterocycles. The highest BCUT2D eigenvalue weighted by Crippen LogP contribution is 2.39. The zero-order valence-corrected chi connectivity index (χ0v) is 17.8. The SMILES string of the molecule is CCCc1cc(C(=Cc2cc(OC)c(OC)c(OC)c2)C(=O)OC)n2nccc2n1. The maximum Gasteiger partial charge on any atom is 0.340 e. The van der Waals surface area contributed by atoms with E-state index in [0.717, 1.165) is 18.5 Å². The molecule has 0 aliphatic rings. The fourth-order valence-corrected chi connectivity index (χ4v) is 3.24. The van der Waals surface area contributed by atoms with Crippen LogP contribution in [-0.4, -0.2) is 49.0 Å². The van der Waals surface area contributed by atoms with Crippen molar-refractivity contribution in [2.75, 3.05) is 28.4 Å².